The molecular weight excluding hydrogens is 326 g/mol. The van der Waals surface area contributed by atoms with E-state index in [0.29, 0.717) is 18.1 Å². The summed E-state index contributed by atoms with van der Waals surface area (Å²) in [6.07, 6.45) is 0.802. The summed E-state index contributed by atoms with van der Waals surface area (Å²) in [5.41, 5.74) is 0. The lowest BCUT2D eigenvalue weighted by atomic mass is 10.3. The van der Waals surface area contributed by atoms with Crippen LogP contribution < -0.4 is 5.32 Å². The van der Waals surface area contributed by atoms with Crippen LogP contribution in [0.25, 0.3) is 0 Å². The van der Waals surface area contributed by atoms with Gasteiger partial charge in [0.1, 0.15) is 12.3 Å². The second kappa shape index (κ2) is 9.38. The highest BCUT2D eigenvalue weighted by atomic mass is 16.5. The number of urea groups is 1. The van der Waals surface area contributed by atoms with E-state index in [9.17, 15) is 9.59 Å². The lowest BCUT2D eigenvalue weighted by Crippen LogP contribution is -2.45. The van der Waals surface area contributed by atoms with E-state index < -0.39 is 0 Å². The molecule has 1 aromatic rings. The Morgan fingerprint density at radius 1 is 1.32 bits per heavy atom. The number of hydrogen-bond donors (Lipinski definition) is 1. The number of hydrogen-bond acceptors (Lipinski definition) is 6. The van der Waals surface area contributed by atoms with E-state index in [-0.39, 0.29) is 18.5 Å². The maximum atomic E-state index is 12.3. The summed E-state index contributed by atoms with van der Waals surface area (Å²) in [5, 5.41) is 6.37. The molecule has 0 bridgehead atoms. The Hall–Kier alpha value is -2.13. The number of rotatable bonds is 7. The van der Waals surface area contributed by atoms with Gasteiger partial charge in [-0.15, -0.1) is 0 Å². The molecule has 9 nitrogen and oxygen atoms in total. The van der Waals surface area contributed by atoms with Crippen LogP contribution in [0, 0.1) is 6.92 Å². The maximum absolute atomic E-state index is 12.3. The number of ether oxygens (including phenoxy) is 1. The molecule has 1 aromatic heterocycles. The first-order chi connectivity index (χ1) is 12.0. The van der Waals surface area contributed by atoms with Crippen molar-refractivity contribution in [3.63, 3.8) is 0 Å². The maximum Gasteiger partial charge on any atom is 0.319 e. The van der Waals surface area contributed by atoms with Gasteiger partial charge in [-0.2, -0.15) is 0 Å². The molecule has 1 aliphatic rings. The molecule has 0 unspecified atom stereocenters. The number of carbonyl (C=O) groups is 2. The molecule has 0 spiro atoms. The van der Waals surface area contributed by atoms with Crippen LogP contribution in [0.3, 0.4) is 0 Å². The molecule has 1 fully saturated rings. The number of aryl methyl sites for hydroxylation is 1. The Labute approximate surface area is 147 Å². The molecule has 0 aliphatic carbocycles. The third-order valence-corrected chi connectivity index (χ3v) is 3.89. The van der Waals surface area contributed by atoms with Gasteiger partial charge in [0.2, 0.25) is 5.91 Å². The van der Waals surface area contributed by atoms with Gasteiger partial charge in [0.25, 0.3) is 0 Å². The van der Waals surface area contributed by atoms with E-state index >= 15 is 0 Å². The van der Waals surface area contributed by atoms with E-state index in [0.717, 1.165) is 39.3 Å². The molecule has 140 valence electrons. The van der Waals surface area contributed by atoms with E-state index in [4.69, 9.17) is 9.26 Å². The van der Waals surface area contributed by atoms with Crippen molar-refractivity contribution in [1.82, 2.24) is 19.9 Å². The molecule has 1 saturated heterocycles. The quantitative estimate of drug-likeness (QED) is 0.773. The van der Waals surface area contributed by atoms with Crippen molar-refractivity contribution in [3.8, 4) is 0 Å². The Morgan fingerprint density at radius 3 is 2.64 bits per heavy atom. The van der Waals surface area contributed by atoms with Crippen LogP contribution in [-0.2, 0) is 9.53 Å². The molecule has 3 amide bonds. The highest BCUT2D eigenvalue weighted by molar-refractivity contribution is 5.93. The third kappa shape index (κ3) is 6.35. The predicted octanol–water partition coefficient (Wildman–Crippen LogP) is 0.627. The number of nitrogens with zero attached hydrogens (tertiary/aromatic N) is 4. The number of aromatic nitrogens is 1. The minimum absolute atomic E-state index is 0.0218. The normalized spacial score (nSPS) is 15.0. The second-order valence-electron chi connectivity index (χ2n) is 6.28. The third-order valence-electron chi connectivity index (χ3n) is 3.89. The van der Waals surface area contributed by atoms with E-state index in [1.165, 1.54) is 4.90 Å². The average Bonchev–Trinajstić information content (AvgIpc) is 2.99. The van der Waals surface area contributed by atoms with Crippen LogP contribution in [0.1, 0.15) is 12.2 Å². The van der Waals surface area contributed by atoms with Gasteiger partial charge in [0.05, 0.1) is 13.2 Å². The zero-order valence-corrected chi connectivity index (χ0v) is 15.2. The van der Waals surface area contributed by atoms with Gasteiger partial charge >= 0.3 is 6.03 Å². The average molecular weight is 353 g/mol. The highest BCUT2D eigenvalue weighted by Crippen LogP contribution is 2.08. The van der Waals surface area contributed by atoms with Gasteiger partial charge in [-0.1, -0.05) is 5.16 Å². The molecule has 1 N–H and O–H groups in total. The van der Waals surface area contributed by atoms with Crippen LogP contribution in [0.15, 0.2) is 10.6 Å². The monoisotopic (exact) mass is 353 g/mol. The van der Waals surface area contributed by atoms with E-state index in [2.05, 4.69) is 15.4 Å². The van der Waals surface area contributed by atoms with Gasteiger partial charge in [0.15, 0.2) is 5.82 Å². The second-order valence-corrected chi connectivity index (χ2v) is 6.28. The van der Waals surface area contributed by atoms with Crippen molar-refractivity contribution in [3.05, 3.63) is 11.8 Å². The fourth-order valence-corrected chi connectivity index (χ4v) is 2.62. The zero-order chi connectivity index (χ0) is 18.2. The summed E-state index contributed by atoms with van der Waals surface area (Å²) < 4.78 is 10.2. The predicted molar refractivity (Wildman–Crippen MR) is 92.4 cm³/mol. The highest BCUT2D eigenvalue weighted by Gasteiger charge is 2.20. The van der Waals surface area contributed by atoms with Gasteiger partial charge in [-0.05, 0) is 13.3 Å². The first-order valence-corrected chi connectivity index (χ1v) is 8.45. The first kappa shape index (κ1) is 19.2. The number of morpholine rings is 1. The number of carbonyl (C=O) groups excluding carboxylic acids is 2. The van der Waals surface area contributed by atoms with Crippen molar-refractivity contribution >= 4 is 17.8 Å². The SMILES string of the molecule is Cc1cc(NC(=O)CN(CCCN2CCOCC2)C(=O)N(C)C)no1. The molecule has 2 rings (SSSR count). The van der Waals surface area contributed by atoms with Crippen molar-refractivity contribution in [2.24, 2.45) is 0 Å². The molecular formula is C16H27N5O4. The van der Waals surface area contributed by atoms with Crippen molar-refractivity contribution in [2.75, 3.05) is 65.3 Å². The Morgan fingerprint density at radius 2 is 2.04 bits per heavy atom. The molecule has 25 heavy (non-hydrogen) atoms. The number of anilines is 1. The van der Waals surface area contributed by atoms with E-state index in [1.54, 1.807) is 32.0 Å². The standard InChI is InChI=1S/C16H27N5O4/c1-13-11-14(18-25-13)17-15(22)12-21(16(23)19(2)3)6-4-5-20-7-9-24-10-8-20/h11H,4-10,12H2,1-3H3,(H,17,18,22). The largest absolute Gasteiger partial charge is 0.379 e. The summed E-state index contributed by atoms with van der Waals surface area (Å²) in [4.78, 5) is 29.8. The Balaban J connectivity index is 1.83. The van der Waals surface area contributed by atoms with Crippen molar-refractivity contribution < 1.29 is 18.8 Å². The van der Waals surface area contributed by atoms with E-state index in [1.807, 2.05) is 0 Å². The summed E-state index contributed by atoms with van der Waals surface area (Å²) in [6.45, 7) is 6.44. The minimum Gasteiger partial charge on any atom is -0.379 e. The smallest absolute Gasteiger partial charge is 0.319 e. The van der Waals surface area contributed by atoms with Crippen LogP contribution in [0.2, 0.25) is 0 Å². The van der Waals surface area contributed by atoms with Gasteiger partial charge in [-0.25, -0.2) is 4.79 Å². The lowest BCUT2D eigenvalue weighted by Gasteiger charge is -2.29. The Bertz CT molecular complexity index is 569. The fraction of sp³-hybridized carbons (Fsp3) is 0.688. The molecule has 9 heteroatoms. The number of amides is 3. The van der Waals surface area contributed by atoms with Gasteiger partial charge in [0, 0.05) is 46.3 Å². The van der Waals surface area contributed by atoms with Crippen LogP contribution >= 0.6 is 0 Å². The van der Waals surface area contributed by atoms with Gasteiger partial charge in [-0.3, -0.25) is 9.69 Å². The summed E-state index contributed by atoms with van der Waals surface area (Å²) in [5.74, 6) is 0.671. The lowest BCUT2D eigenvalue weighted by molar-refractivity contribution is -0.116. The summed E-state index contributed by atoms with van der Waals surface area (Å²) in [6, 6.07) is 1.45. The molecule has 0 saturated carbocycles. The first-order valence-electron chi connectivity index (χ1n) is 8.45. The van der Waals surface area contributed by atoms with Crippen LogP contribution in [0.5, 0.6) is 0 Å². The fourth-order valence-electron chi connectivity index (χ4n) is 2.62. The summed E-state index contributed by atoms with van der Waals surface area (Å²) >= 11 is 0. The van der Waals surface area contributed by atoms with Crippen LogP contribution in [0.4, 0.5) is 10.6 Å². The minimum atomic E-state index is -0.296. The molecule has 0 atom stereocenters. The number of nitrogens with one attached hydrogen (secondary N) is 1. The molecule has 0 radical (unpaired) electrons. The zero-order valence-electron chi connectivity index (χ0n) is 15.2. The van der Waals surface area contributed by atoms with Crippen molar-refractivity contribution in [1.29, 1.82) is 0 Å². The topological polar surface area (TPSA) is 91.2 Å². The molecule has 1 aliphatic heterocycles. The molecule has 0 aromatic carbocycles. The molecule has 2 heterocycles. The van der Waals surface area contributed by atoms with Gasteiger partial charge < -0.3 is 24.4 Å². The summed E-state index contributed by atoms with van der Waals surface area (Å²) in [7, 11) is 3.35. The Kier molecular flexibility index (Phi) is 7.20. The van der Waals surface area contributed by atoms with Crippen molar-refractivity contribution in [2.45, 2.75) is 13.3 Å². The van der Waals surface area contributed by atoms with Crippen LogP contribution in [-0.4, -0.2) is 91.8 Å².